The molecule has 2 heterocycles. The fourth-order valence-corrected chi connectivity index (χ4v) is 4.53. The van der Waals surface area contributed by atoms with E-state index < -0.39 is 0 Å². The summed E-state index contributed by atoms with van der Waals surface area (Å²) >= 11 is 0. The molecule has 0 aromatic heterocycles. The monoisotopic (exact) mass is 378 g/mol. The van der Waals surface area contributed by atoms with Crippen LogP contribution in [0.1, 0.15) is 50.8 Å². The summed E-state index contributed by atoms with van der Waals surface area (Å²) in [6, 6.07) is 10.2. The molecule has 28 heavy (non-hydrogen) atoms. The van der Waals surface area contributed by atoms with Gasteiger partial charge in [0.15, 0.2) is 5.54 Å². The maximum absolute atomic E-state index is 9.42. The topological polar surface area (TPSA) is 41.7 Å². The van der Waals surface area contributed by atoms with Gasteiger partial charge in [0.05, 0.1) is 18.2 Å². The molecule has 0 amide bonds. The third kappa shape index (κ3) is 2.75. The number of rotatable bonds is 4. The lowest BCUT2D eigenvalue weighted by Gasteiger charge is -2.34. The fourth-order valence-electron chi connectivity index (χ4n) is 4.53. The Morgan fingerprint density at radius 2 is 2.00 bits per heavy atom. The Hall–Kier alpha value is -2.59. The molecule has 2 aromatic carbocycles. The van der Waals surface area contributed by atoms with Crippen molar-refractivity contribution in [3.8, 4) is 22.6 Å². The molecule has 0 saturated carbocycles. The van der Waals surface area contributed by atoms with E-state index in [1.165, 1.54) is 16.7 Å². The number of allylic oxidation sites excluding steroid dienone is 1. The molecular formula is C24H28NO3+. The average molecular weight is 378 g/mol. The normalized spacial score (nSPS) is 19.1. The molecule has 146 valence electrons. The first-order valence-corrected chi connectivity index (χ1v) is 9.81. The van der Waals surface area contributed by atoms with Crippen molar-refractivity contribution in [1.29, 1.82) is 0 Å². The van der Waals surface area contributed by atoms with Crippen LogP contribution in [0.2, 0.25) is 0 Å². The summed E-state index contributed by atoms with van der Waals surface area (Å²) in [4.78, 5) is 0. The molecule has 1 unspecified atom stereocenters. The largest absolute Gasteiger partial charge is 0.496 e. The Kier molecular flexibility index (Phi) is 4.54. The van der Waals surface area contributed by atoms with Gasteiger partial charge in [-0.15, -0.1) is 0 Å². The summed E-state index contributed by atoms with van der Waals surface area (Å²) in [5.74, 6) is 1.64. The first-order chi connectivity index (χ1) is 13.4. The lowest BCUT2D eigenvalue weighted by Crippen LogP contribution is -2.34. The molecule has 0 aliphatic carbocycles. The van der Waals surface area contributed by atoms with Crippen molar-refractivity contribution < 1.29 is 19.2 Å². The van der Waals surface area contributed by atoms with E-state index in [1.54, 1.807) is 7.11 Å². The summed E-state index contributed by atoms with van der Waals surface area (Å²) < 4.78 is 14.2. The van der Waals surface area contributed by atoms with E-state index in [-0.39, 0.29) is 18.2 Å². The third-order valence-electron chi connectivity index (χ3n) is 5.87. The number of aliphatic hydroxyl groups excluding tert-OH is 1. The molecule has 1 atom stereocenters. The quantitative estimate of drug-likeness (QED) is 0.752. The predicted octanol–water partition coefficient (Wildman–Crippen LogP) is 5.11. The van der Waals surface area contributed by atoms with Gasteiger partial charge in [0.2, 0.25) is 5.69 Å². The molecule has 4 nitrogen and oxygen atoms in total. The van der Waals surface area contributed by atoms with Crippen LogP contribution in [0, 0.1) is 0 Å². The highest BCUT2D eigenvalue weighted by molar-refractivity contribution is 5.89. The molecule has 0 bridgehead atoms. The van der Waals surface area contributed by atoms with Crippen LogP contribution in [0.25, 0.3) is 16.7 Å². The minimum absolute atomic E-state index is 0.116. The zero-order valence-electron chi connectivity index (χ0n) is 17.1. The molecule has 1 N–H and O–H groups in total. The lowest BCUT2D eigenvalue weighted by atomic mass is 9.80. The summed E-state index contributed by atoms with van der Waals surface area (Å²) in [6.45, 7) is 11.0. The van der Waals surface area contributed by atoms with Crippen LogP contribution in [0.15, 0.2) is 36.4 Å². The van der Waals surface area contributed by atoms with Crippen molar-refractivity contribution >= 4 is 18.0 Å². The SMILES string of the molecule is C=[N+]1c2ccc3c(c2C(C)=CC1(C)C)C(CCCO)Oc1cccc(OC)c1-3. The zero-order valence-corrected chi connectivity index (χ0v) is 17.1. The highest BCUT2D eigenvalue weighted by Crippen LogP contribution is 2.53. The summed E-state index contributed by atoms with van der Waals surface area (Å²) in [5.41, 5.74) is 6.67. The van der Waals surface area contributed by atoms with E-state index in [4.69, 9.17) is 9.47 Å². The van der Waals surface area contributed by atoms with Crippen LogP contribution < -0.4 is 9.47 Å². The van der Waals surface area contributed by atoms with Gasteiger partial charge >= 0.3 is 0 Å². The van der Waals surface area contributed by atoms with Gasteiger partial charge in [-0.3, -0.25) is 0 Å². The Bertz CT molecular complexity index is 988. The van der Waals surface area contributed by atoms with Gasteiger partial charge < -0.3 is 14.6 Å². The van der Waals surface area contributed by atoms with E-state index in [9.17, 15) is 5.11 Å². The van der Waals surface area contributed by atoms with Gasteiger partial charge in [-0.1, -0.05) is 6.07 Å². The van der Waals surface area contributed by atoms with Crippen molar-refractivity contribution in [3.05, 3.63) is 47.5 Å². The Labute approximate surface area is 166 Å². The van der Waals surface area contributed by atoms with Gasteiger partial charge in [0.1, 0.15) is 24.3 Å². The molecule has 0 saturated heterocycles. The van der Waals surface area contributed by atoms with Crippen LogP contribution in [0.4, 0.5) is 5.69 Å². The number of nitrogens with zero attached hydrogens (tertiary/aromatic N) is 1. The smallest absolute Gasteiger partial charge is 0.213 e. The number of benzene rings is 2. The van der Waals surface area contributed by atoms with Crippen molar-refractivity contribution in [1.82, 2.24) is 0 Å². The van der Waals surface area contributed by atoms with E-state index in [0.717, 1.165) is 34.7 Å². The van der Waals surface area contributed by atoms with Crippen molar-refractivity contribution in [3.63, 3.8) is 0 Å². The molecule has 2 aliphatic rings. The van der Waals surface area contributed by atoms with Crippen LogP contribution in [0.5, 0.6) is 11.5 Å². The lowest BCUT2D eigenvalue weighted by molar-refractivity contribution is -0.502. The van der Waals surface area contributed by atoms with Crippen molar-refractivity contribution in [2.45, 2.75) is 45.3 Å². The van der Waals surface area contributed by atoms with Crippen LogP contribution in [0.3, 0.4) is 0 Å². The zero-order chi connectivity index (χ0) is 20.1. The van der Waals surface area contributed by atoms with Gasteiger partial charge in [-0.25, -0.2) is 0 Å². The molecule has 4 rings (SSSR count). The number of ether oxygens (including phenoxy) is 2. The van der Waals surface area contributed by atoms with Crippen molar-refractivity contribution in [2.24, 2.45) is 0 Å². The summed E-state index contributed by atoms with van der Waals surface area (Å²) in [7, 11) is 1.69. The number of aliphatic hydroxyl groups is 1. The second kappa shape index (κ2) is 6.78. The second-order valence-electron chi connectivity index (χ2n) is 8.14. The maximum atomic E-state index is 9.42. The predicted molar refractivity (Wildman–Crippen MR) is 113 cm³/mol. The highest BCUT2D eigenvalue weighted by atomic mass is 16.5. The molecular weight excluding hydrogens is 350 g/mol. The maximum Gasteiger partial charge on any atom is 0.213 e. The van der Waals surface area contributed by atoms with E-state index in [0.29, 0.717) is 6.42 Å². The molecule has 0 fully saturated rings. The second-order valence-corrected chi connectivity index (χ2v) is 8.14. The van der Waals surface area contributed by atoms with Gasteiger partial charge in [0.25, 0.3) is 0 Å². The Morgan fingerprint density at radius 1 is 1.21 bits per heavy atom. The fraction of sp³-hybridized carbons (Fsp3) is 0.375. The minimum Gasteiger partial charge on any atom is -0.496 e. The Balaban J connectivity index is 2.02. The van der Waals surface area contributed by atoms with Gasteiger partial charge in [-0.2, -0.15) is 4.58 Å². The van der Waals surface area contributed by atoms with E-state index in [2.05, 4.69) is 50.3 Å². The Morgan fingerprint density at radius 3 is 2.71 bits per heavy atom. The van der Waals surface area contributed by atoms with Crippen LogP contribution >= 0.6 is 0 Å². The van der Waals surface area contributed by atoms with Crippen LogP contribution in [-0.2, 0) is 0 Å². The standard InChI is InChI=1S/C24H28NO3/c1-15-14-24(2,3)25(4)17-12-11-16-22-18(27-5)8-6-9-19(22)28-20(10-7-13-26)23(16)21(15)17/h6,8-9,11-12,14,20,26H,4,7,10,13H2,1-3,5H3/q+1. The van der Waals surface area contributed by atoms with Crippen LogP contribution in [-0.4, -0.2) is 35.7 Å². The summed E-state index contributed by atoms with van der Waals surface area (Å²) in [5, 5.41) is 9.42. The number of fused-ring (bicyclic) bond motifs is 5. The number of methoxy groups -OCH3 is 1. The molecule has 0 spiro atoms. The third-order valence-corrected chi connectivity index (χ3v) is 5.87. The number of hydrogen-bond acceptors (Lipinski definition) is 3. The minimum atomic E-state index is -0.156. The molecule has 0 radical (unpaired) electrons. The van der Waals surface area contributed by atoms with E-state index >= 15 is 0 Å². The number of hydrogen-bond donors (Lipinski definition) is 1. The highest BCUT2D eigenvalue weighted by Gasteiger charge is 2.40. The van der Waals surface area contributed by atoms with Gasteiger partial charge in [0, 0.05) is 32.1 Å². The van der Waals surface area contributed by atoms with Crippen molar-refractivity contribution in [2.75, 3.05) is 13.7 Å². The molecule has 2 aromatic rings. The first kappa shape index (κ1) is 18.8. The molecule has 2 aliphatic heterocycles. The first-order valence-electron chi connectivity index (χ1n) is 9.81. The van der Waals surface area contributed by atoms with Gasteiger partial charge in [-0.05, 0) is 55.2 Å². The average Bonchev–Trinajstić information content (AvgIpc) is 2.68. The molecule has 4 heteroatoms. The van der Waals surface area contributed by atoms with E-state index in [1.807, 2.05) is 18.2 Å². The summed E-state index contributed by atoms with van der Waals surface area (Å²) in [6.07, 6.45) is 3.60.